The first-order valence-electron chi connectivity index (χ1n) is 9.97. The van der Waals surface area contributed by atoms with Crippen LogP contribution in [-0.2, 0) is 16.9 Å². The highest BCUT2D eigenvalue weighted by Crippen LogP contribution is 2.24. The fourth-order valence-electron chi connectivity index (χ4n) is 2.77. The van der Waals surface area contributed by atoms with E-state index in [0.29, 0.717) is 31.4 Å². The number of nitrogens with one attached hydrogen (secondary N) is 3. The van der Waals surface area contributed by atoms with Gasteiger partial charge in [-0.05, 0) is 48.9 Å². The zero-order valence-corrected chi connectivity index (χ0v) is 21.2. The van der Waals surface area contributed by atoms with Crippen LogP contribution in [0.2, 0.25) is 0 Å². The van der Waals surface area contributed by atoms with Gasteiger partial charge in [0.25, 0.3) is 0 Å². The summed E-state index contributed by atoms with van der Waals surface area (Å²) in [6.45, 7) is 9.37. The standard InChI is InChI=1S/C22H32N4O2S.HI/c1-5-23-21(25-15-22(4,28)19-10-7-11-29-19)24-14-17-8-6-9-18(13-17)26-20(27)12-16(2)3;/h6-11,13,16,28H,5,12,14-15H2,1-4H3,(H,26,27)(H2,23,24,25);1H. The van der Waals surface area contributed by atoms with Gasteiger partial charge in [0.2, 0.25) is 5.91 Å². The fourth-order valence-corrected chi connectivity index (χ4v) is 3.56. The smallest absolute Gasteiger partial charge is 0.224 e. The van der Waals surface area contributed by atoms with Crippen molar-refractivity contribution in [2.75, 3.05) is 18.4 Å². The van der Waals surface area contributed by atoms with Crippen molar-refractivity contribution in [2.45, 2.75) is 46.3 Å². The third-order valence-electron chi connectivity index (χ3n) is 4.22. The summed E-state index contributed by atoms with van der Waals surface area (Å²) in [5, 5.41) is 22.0. The molecule has 0 aliphatic carbocycles. The number of thiophene rings is 1. The van der Waals surface area contributed by atoms with Gasteiger partial charge in [0.1, 0.15) is 5.60 Å². The van der Waals surface area contributed by atoms with Gasteiger partial charge in [-0.15, -0.1) is 35.3 Å². The summed E-state index contributed by atoms with van der Waals surface area (Å²) in [5.41, 5.74) is 0.807. The molecule has 1 heterocycles. The molecule has 0 spiro atoms. The molecule has 2 aromatic rings. The van der Waals surface area contributed by atoms with Crippen molar-refractivity contribution >= 4 is 52.9 Å². The number of guanidine groups is 1. The monoisotopic (exact) mass is 544 g/mol. The Hall–Kier alpha value is -1.65. The molecule has 0 aliphatic heterocycles. The topological polar surface area (TPSA) is 85.8 Å². The summed E-state index contributed by atoms with van der Waals surface area (Å²) in [4.78, 5) is 17.5. The molecule has 0 aliphatic rings. The number of benzene rings is 1. The molecule has 1 atom stereocenters. The highest BCUT2D eigenvalue weighted by Gasteiger charge is 2.24. The summed E-state index contributed by atoms with van der Waals surface area (Å²) in [5.74, 6) is 0.980. The molecule has 2 rings (SSSR count). The molecule has 30 heavy (non-hydrogen) atoms. The molecule has 0 fully saturated rings. The highest BCUT2D eigenvalue weighted by atomic mass is 127. The largest absolute Gasteiger partial charge is 0.383 e. The number of hydrogen-bond donors (Lipinski definition) is 4. The molecule has 1 amide bonds. The van der Waals surface area contributed by atoms with Crippen molar-refractivity contribution in [3.63, 3.8) is 0 Å². The van der Waals surface area contributed by atoms with Crippen LogP contribution in [0.4, 0.5) is 5.69 Å². The molecule has 0 saturated heterocycles. The summed E-state index contributed by atoms with van der Waals surface area (Å²) in [6, 6.07) is 11.6. The number of aliphatic imine (C=N–C) groups is 1. The average molecular weight is 545 g/mol. The molecule has 4 N–H and O–H groups in total. The van der Waals surface area contributed by atoms with Gasteiger partial charge in [0, 0.05) is 23.5 Å². The number of hydrogen-bond acceptors (Lipinski definition) is 4. The van der Waals surface area contributed by atoms with Crippen molar-refractivity contribution in [2.24, 2.45) is 10.9 Å². The van der Waals surface area contributed by atoms with Gasteiger partial charge in [-0.25, -0.2) is 4.99 Å². The molecule has 166 valence electrons. The van der Waals surface area contributed by atoms with Crippen molar-refractivity contribution in [1.82, 2.24) is 10.6 Å². The van der Waals surface area contributed by atoms with E-state index in [-0.39, 0.29) is 29.9 Å². The number of carbonyl (C=O) groups is 1. The number of amides is 1. The van der Waals surface area contributed by atoms with Crippen LogP contribution in [0.3, 0.4) is 0 Å². The summed E-state index contributed by atoms with van der Waals surface area (Å²) in [7, 11) is 0. The van der Waals surface area contributed by atoms with Crippen LogP contribution in [0.5, 0.6) is 0 Å². The number of rotatable bonds is 9. The Morgan fingerprint density at radius 3 is 2.63 bits per heavy atom. The van der Waals surface area contributed by atoms with Gasteiger partial charge in [-0.3, -0.25) is 4.79 Å². The highest BCUT2D eigenvalue weighted by molar-refractivity contribution is 14.0. The minimum absolute atomic E-state index is 0. The van der Waals surface area contributed by atoms with E-state index in [4.69, 9.17) is 0 Å². The average Bonchev–Trinajstić information content (AvgIpc) is 3.19. The minimum atomic E-state index is -0.967. The van der Waals surface area contributed by atoms with Gasteiger partial charge < -0.3 is 21.1 Å². The zero-order valence-electron chi connectivity index (χ0n) is 18.1. The summed E-state index contributed by atoms with van der Waals surface area (Å²) < 4.78 is 0. The lowest BCUT2D eigenvalue weighted by atomic mass is 10.1. The van der Waals surface area contributed by atoms with E-state index >= 15 is 0 Å². The lowest BCUT2D eigenvalue weighted by molar-refractivity contribution is -0.116. The Morgan fingerprint density at radius 1 is 1.23 bits per heavy atom. The number of nitrogens with zero attached hydrogens (tertiary/aromatic N) is 1. The SMILES string of the molecule is CCNC(=NCc1cccc(NC(=O)CC(C)C)c1)NCC(C)(O)c1cccs1.I. The first-order chi connectivity index (χ1) is 13.8. The molecule has 1 aromatic carbocycles. The Morgan fingerprint density at radius 2 is 2.00 bits per heavy atom. The zero-order chi connectivity index (χ0) is 21.3. The van der Waals surface area contributed by atoms with Gasteiger partial charge in [-0.1, -0.05) is 32.0 Å². The molecule has 0 radical (unpaired) electrons. The number of aliphatic hydroxyl groups is 1. The number of carbonyl (C=O) groups excluding carboxylic acids is 1. The van der Waals surface area contributed by atoms with Crippen molar-refractivity contribution in [1.29, 1.82) is 0 Å². The molecule has 0 bridgehead atoms. The first kappa shape index (κ1) is 26.4. The molecule has 1 aromatic heterocycles. The van der Waals surface area contributed by atoms with Gasteiger partial charge in [-0.2, -0.15) is 0 Å². The van der Waals surface area contributed by atoms with Crippen LogP contribution < -0.4 is 16.0 Å². The minimum Gasteiger partial charge on any atom is -0.383 e. The molecular formula is C22H33IN4O2S. The fraction of sp³-hybridized carbons (Fsp3) is 0.455. The Labute approximate surface area is 200 Å². The Balaban J connectivity index is 0.00000450. The quantitative estimate of drug-likeness (QED) is 0.215. The maximum Gasteiger partial charge on any atom is 0.224 e. The van der Waals surface area contributed by atoms with Crippen LogP contribution in [0.1, 0.15) is 44.6 Å². The van der Waals surface area contributed by atoms with Gasteiger partial charge in [0.05, 0.1) is 13.1 Å². The van der Waals surface area contributed by atoms with Crippen LogP contribution in [0.15, 0.2) is 46.8 Å². The lowest BCUT2D eigenvalue weighted by Crippen LogP contribution is -2.44. The van der Waals surface area contributed by atoms with E-state index in [1.807, 2.05) is 62.5 Å². The molecular weight excluding hydrogens is 511 g/mol. The lowest BCUT2D eigenvalue weighted by Gasteiger charge is -2.23. The molecule has 6 nitrogen and oxygen atoms in total. The van der Waals surface area contributed by atoms with Crippen molar-refractivity contribution < 1.29 is 9.90 Å². The second-order valence-electron chi connectivity index (χ2n) is 7.65. The Kier molecular flexibility index (Phi) is 11.4. The van der Waals surface area contributed by atoms with Crippen molar-refractivity contribution in [3.8, 4) is 0 Å². The second-order valence-corrected chi connectivity index (χ2v) is 8.59. The van der Waals surface area contributed by atoms with Crippen LogP contribution in [0.25, 0.3) is 0 Å². The maximum atomic E-state index is 12.0. The van der Waals surface area contributed by atoms with Crippen molar-refractivity contribution in [3.05, 3.63) is 52.2 Å². The predicted molar refractivity (Wildman–Crippen MR) is 137 cm³/mol. The summed E-state index contributed by atoms with van der Waals surface area (Å²) >= 11 is 1.53. The van der Waals surface area contributed by atoms with Gasteiger partial charge >= 0.3 is 0 Å². The summed E-state index contributed by atoms with van der Waals surface area (Å²) in [6.07, 6.45) is 0.501. The number of anilines is 1. The second kappa shape index (κ2) is 12.9. The van der Waals surface area contributed by atoms with E-state index in [9.17, 15) is 9.90 Å². The molecule has 1 unspecified atom stereocenters. The third kappa shape index (κ3) is 9.01. The maximum absolute atomic E-state index is 12.0. The normalized spacial score (nSPS) is 13.3. The van der Waals surface area contributed by atoms with Crippen LogP contribution in [0, 0.1) is 5.92 Å². The number of halogens is 1. The van der Waals surface area contributed by atoms with E-state index in [0.717, 1.165) is 22.7 Å². The molecule has 0 saturated carbocycles. The van der Waals surface area contributed by atoms with Crippen LogP contribution in [-0.4, -0.2) is 30.1 Å². The van der Waals surface area contributed by atoms with Gasteiger partial charge in [0.15, 0.2) is 5.96 Å². The van der Waals surface area contributed by atoms with E-state index < -0.39 is 5.60 Å². The van der Waals surface area contributed by atoms with E-state index in [1.54, 1.807) is 6.92 Å². The predicted octanol–water partition coefficient (Wildman–Crippen LogP) is 4.31. The third-order valence-corrected chi connectivity index (χ3v) is 5.34. The first-order valence-corrected chi connectivity index (χ1v) is 10.9. The molecule has 8 heteroatoms. The van der Waals surface area contributed by atoms with Crippen LogP contribution >= 0.6 is 35.3 Å². The Bertz CT molecular complexity index is 807. The van der Waals surface area contributed by atoms with E-state index in [2.05, 4.69) is 20.9 Å². The van der Waals surface area contributed by atoms with E-state index in [1.165, 1.54) is 11.3 Å².